The predicted molar refractivity (Wildman–Crippen MR) is 185 cm³/mol. The monoisotopic (exact) mass is 697 g/mol. The summed E-state index contributed by atoms with van der Waals surface area (Å²) in [7, 11) is 1.18. The number of carbonyl (C=O) groups excluding carboxylic acids is 6. The maximum Gasteiger partial charge on any atom is 0.417 e. The number of amides is 5. The summed E-state index contributed by atoms with van der Waals surface area (Å²) >= 11 is 0. The SMILES string of the molecule is CCCCC(=O)NC(C(=O)NC(C(=O)OC)C(C)C)C(CO)[C@H](NC(=O)[C@H](C)N(C(=O)OCc1ccccc1)C(=O)[C@H](C)N)c1ccccc1. The number of aliphatic hydroxyl groups excluding tert-OH is 1. The zero-order chi connectivity index (χ0) is 37.4. The van der Waals surface area contributed by atoms with Gasteiger partial charge in [-0.3, -0.25) is 19.2 Å². The topological polar surface area (TPSA) is 206 Å². The molecule has 0 aliphatic heterocycles. The lowest BCUT2D eigenvalue weighted by Crippen LogP contribution is -2.60. The molecule has 0 fully saturated rings. The first-order valence-electron chi connectivity index (χ1n) is 16.7. The van der Waals surface area contributed by atoms with Crippen LogP contribution in [-0.2, 0) is 40.1 Å². The number of nitrogens with zero attached hydrogens (tertiary/aromatic N) is 1. The van der Waals surface area contributed by atoms with Crippen molar-refractivity contribution in [1.82, 2.24) is 20.9 Å². The second kappa shape index (κ2) is 20.6. The number of benzene rings is 2. The molecule has 0 aromatic heterocycles. The number of ether oxygens (including phenoxy) is 2. The first-order chi connectivity index (χ1) is 23.8. The van der Waals surface area contributed by atoms with Crippen LogP contribution in [0.2, 0.25) is 0 Å². The van der Waals surface area contributed by atoms with Gasteiger partial charge >= 0.3 is 12.1 Å². The molecule has 0 saturated carbocycles. The van der Waals surface area contributed by atoms with Crippen LogP contribution in [0.1, 0.15) is 71.0 Å². The number of hydrogen-bond acceptors (Lipinski definition) is 10. The quantitative estimate of drug-likeness (QED) is 0.144. The van der Waals surface area contributed by atoms with Crippen LogP contribution >= 0.6 is 0 Å². The molecule has 0 saturated heterocycles. The standard InChI is InChI=1S/C36H51N5O9/c1-7-8-19-28(43)38-31(33(45)39-29(22(2)3)35(47)49-6)27(20-42)30(26-17-13-10-14-18-26)40-32(44)24(5)41(34(46)23(4)37)36(48)50-21-25-15-11-9-12-16-25/h9-18,22-24,27,29-31,42H,7-8,19-21,37H2,1-6H3,(H,38,43)(H,39,45)(H,40,44)/t23-,24-,27?,29?,30+,31?/m0/s1. The molecule has 0 spiro atoms. The number of aliphatic hydroxyl groups is 1. The van der Waals surface area contributed by atoms with Gasteiger partial charge in [0.25, 0.3) is 0 Å². The molecule has 6 N–H and O–H groups in total. The molecule has 50 heavy (non-hydrogen) atoms. The van der Waals surface area contributed by atoms with E-state index < -0.39 is 84.3 Å². The summed E-state index contributed by atoms with van der Waals surface area (Å²) in [5, 5.41) is 18.9. The van der Waals surface area contributed by atoms with E-state index in [1.807, 2.05) is 6.92 Å². The van der Waals surface area contributed by atoms with E-state index in [-0.39, 0.29) is 13.0 Å². The Hall–Kier alpha value is -4.82. The molecule has 0 radical (unpaired) electrons. The van der Waals surface area contributed by atoms with Gasteiger partial charge in [0.05, 0.1) is 25.8 Å². The van der Waals surface area contributed by atoms with Gasteiger partial charge in [0, 0.05) is 12.3 Å². The minimum atomic E-state index is -1.46. The third-order valence-corrected chi connectivity index (χ3v) is 8.10. The summed E-state index contributed by atoms with van der Waals surface area (Å²) in [5.74, 6) is -5.28. The molecule has 274 valence electrons. The largest absolute Gasteiger partial charge is 0.467 e. The van der Waals surface area contributed by atoms with E-state index in [4.69, 9.17) is 15.2 Å². The number of unbranched alkanes of at least 4 members (excludes halogenated alkanes) is 1. The van der Waals surface area contributed by atoms with Crippen molar-refractivity contribution < 1.29 is 43.3 Å². The summed E-state index contributed by atoms with van der Waals surface area (Å²) in [5.41, 5.74) is 6.94. The van der Waals surface area contributed by atoms with Crippen molar-refractivity contribution in [3.05, 3.63) is 71.8 Å². The van der Waals surface area contributed by atoms with Crippen LogP contribution in [0, 0.1) is 11.8 Å². The van der Waals surface area contributed by atoms with Gasteiger partial charge in [-0.15, -0.1) is 0 Å². The number of carbonyl (C=O) groups is 6. The van der Waals surface area contributed by atoms with E-state index >= 15 is 0 Å². The Kier molecular flexibility index (Phi) is 17.1. The average molecular weight is 698 g/mol. The highest BCUT2D eigenvalue weighted by Gasteiger charge is 2.41. The van der Waals surface area contributed by atoms with Crippen molar-refractivity contribution in [2.24, 2.45) is 17.6 Å². The van der Waals surface area contributed by atoms with Gasteiger partial charge in [0.2, 0.25) is 23.6 Å². The second-order valence-electron chi connectivity index (χ2n) is 12.4. The number of esters is 1. The van der Waals surface area contributed by atoms with Crippen LogP contribution in [0.4, 0.5) is 4.79 Å². The Bertz CT molecular complexity index is 1420. The van der Waals surface area contributed by atoms with E-state index in [0.29, 0.717) is 28.9 Å². The number of imide groups is 1. The van der Waals surface area contributed by atoms with Crippen LogP contribution in [0.5, 0.6) is 0 Å². The minimum absolute atomic E-state index is 0.0852. The Labute approximate surface area is 293 Å². The number of nitrogens with two attached hydrogens (primary N) is 1. The van der Waals surface area contributed by atoms with Crippen LogP contribution in [0.15, 0.2) is 60.7 Å². The summed E-state index contributed by atoms with van der Waals surface area (Å²) in [6.07, 6.45) is 0.218. The molecule has 0 bridgehead atoms. The van der Waals surface area contributed by atoms with E-state index in [0.717, 1.165) is 0 Å². The third-order valence-electron chi connectivity index (χ3n) is 8.10. The van der Waals surface area contributed by atoms with Gasteiger partial charge < -0.3 is 36.3 Å². The van der Waals surface area contributed by atoms with E-state index in [1.165, 1.54) is 21.0 Å². The molecule has 5 amide bonds. The maximum atomic E-state index is 14.0. The van der Waals surface area contributed by atoms with E-state index in [1.54, 1.807) is 74.5 Å². The molecule has 3 unspecified atom stereocenters. The first-order valence-corrected chi connectivity index (χ1v) is 16.7. The Morgan fingerprint density at radius 3 is 1.96 bits per heavy atom. The van der Waals surface area contributed by atoms with Crippen molar-refractivity contribution >= 4 is 35.7 Å². The van der Waals surface area contributed by atoms with Crippen molar-refractivity contribution in [2.75, 3.05) is 13.7 Å². The molecule has 14 nitrogen and oxygen atoms in total. The number of rotatable bonds is 18. The number of nitrogens with one attached hydrogen (secondary N) is 3. The molecular formula is C36H51N5O9. The van der Waals surface area contributed by atoms with Crippen molar-refractivity contribution in [3.63, 3.8) is 0 Å². The van der Waals surface area contributed by atoms with E-state index in [2.05, 4.69) is 16.0 Å². The molecule has 0 aliphatic carbocycles. The third kappa shape index (κ3) is 11.9. The van der Waals surface area contributed by atoms with Gasteiger partial charge in [-0.05, 0) is 37.3 Å². The fraction of sp³-hybridized carbons (Fsp3) is 0.500. The average Bonchev–Trinajstić information content (AvgIpc) is 3.11. The summed E-state index contributed by atoms with van der Waals surface area (Å²) < 4.78 is 10.2. The summed E-state index contributed by atoms with van der Waals surface area (Å²) in [6.45, 7) is 7.10. The molecular weight excluding hydrogens is 646 g/mol. The summed E-state index contributed by atoms with van der Waals surface area (Å²) in [4.78, 5) is 80.5. The zero-order valence-corrected chi connectivity index (χ0v) is 29.6. The number of hydrogen-bond donors (Lipinski definition) is 5. The van der Waals surface area contributed by atoms with Gasteiger partial charge in [0.15, 0.2) is 0 Å². The van der Waals surface area contributed by atoms with E-state index in [9.17, 15) is 33.9 Å². The smallest absolute Gasteiger partial charge is 0.417 e. The van der Waals surface area contributed by atoms with Gasteiger partial charge in [-0.2, -0.15) is 0 Å². The van der Waals surface area contributed by atoms with Crippen LogP contribution in [0.25, 0.3) is 0 Å². The Morgan fingerprint density at radius 2 is 1.44 bits per heavy atom. The molecule has 2 rings (SSSR count). The molecule has 0 aliphatic rings. The lowest BCUT2D eigenvalue weighted by molar-refractivity contribution is -0.147. The summed E-state index contributed by atoms with van der Waals surface area (Å²) in [6, 6.07) is 10.8. The molecule has 2 aromatic carbocycles. The van der Waals surface area contributed by atoms with Crippen LogP contribution in [0.3, 0.4) is 0 Å². The highest BCUT2D eigenvalue weighted by molar-refractivity contribution is 6.00. The van der Waals surface area contributed by atoms with Crippen molar-refractivity contribution in [3.8, 4) is 0 Å². The lowest BCUT2D eigenvalue weighted by atomic mass is 9.86. The fourth-order valence-electron chi connectivity index (χ4n) is 5.16. The Balaban J connectivity index is 2.53. The van der Waals surface area contributed by atoms with Gasteiger partial charge in [0.1, 0.15) is 24.7 Å². The number of methoxy groups -OCH3 is 1. The maximum absolute atomic E-state index is 14.0. The molecule has 2 aromatic rings. The van der Waals surface area contributed by atoms with Crippen LogP contribution in [-0.4, -0.2) is 83.6 Å². The fourth-order valence-corrected chi connectivity index (χ4v) is 5.16. The highest BCUT2D eigenvalue weighted by Crippen LogP contribution is 2.27. The lowest BCUT2D eigenvalue weighted by Gasteiger charge is -2.35. The molecule has 14 heteroatoms. The second-order valence-corrected chi connectivity index (χ2v) is 12.4. The highest BCUT2D eigenvalue weighted by atomic mass is 16.6. The zero-order valence-electron chi connectivity index (χ0n) is 29.6. The first kappa shape index (κ1) is 41.4. The minimum Gasteiger partial charge on any atom is -0.467 e. The molecule has 6 atom stereocenters. The normalized spacial score (nSPS) is 14.6. The van der Waals surface area contributed by atoms with Crippen molar-refractivity contribution in [1.29, 1.82) is 0 Å². The van der Waals surface area contributed by atoms with Crippen molar-refractivity contribution in [2.45, 2.75) is 90.7 Å². The van der Waals surface area contributed by atoms with Gasteiger partial charge in [-0.1, -0.05) is 87.9 Å². The predicted octanol–water partition coefficient (Wildman–Crippen LogP) is 2.34. The van der Waals surface area contributed by atoms with Gasteiger partial charge in [-0.25, -0.2) is 14.5 Å². The Morgan fingerprint density at radius 1 is 0.840 bits per heavy atom. The molecule has 0 heterocycles. The van der Waals surface area contributed by atoms with Crippen LogP contribution < -0.4 is 21.7 Å².